The molecule has 27 heavy (non-hydrogen) atoms. The number of carbonyl (C=O) groups excluding carboxylic acids is 2. The molecule has 3 rings (SSSR count). The van der Waals surface area contributed by atoms with Crippen LogP contribution >= 0.6 is 15.9 Å². The van der Waals surface area contributed by atoms with Crippen molar-refractivity contribution >= 4 is 33.5 Å². The van der Waals surface area contributed by atoms with Crippen molar-refractivity contribution in [1.82, 2.24) is 10.9 Å². The molecule has 1 heterocycles. The third kappa shape index (κ3) is 3.75. The number of hydrogen-bond acceptors (Lipinski definition) is 5. The molecule has 0 saturated heterocycles. The standard InChI is InChI=1S/C19H20BrN3O4/c1-10-15-13(23-26)8-19(2,3)9-14(15)27-16(10)18(25)22-21-17(24)11-6-4-5-7-12(11)20/h4-7,26H,8-9H2,1-3H3,(H,21,24)(H,22,25)/b23-13-. The van der Waals surface area contributed by atoms with E-state index in [1.165, 1.54) is 0 Å². The van der Waals surface area contributed by atoms with Crippen LogP contribution in [0.2, 0.25) is 0 Å². The van der Waals surface area contributed by atoms with E-state index in [1.54, 1.807) is 31.2 Å². The number of nitrogens with zero attached hydrogens (tertiary/aromatic N) is 1. The summed E-state index contributed by atoms with van der Waals surface area (Å²) in [5.41, 5.74) is 6.76. The van der Waals surface area contributed by atoms with E-state index in [0.717, 1.165) is 0 Å². The maximum Gasteiger partial charge on any atom is 0.305 e. The van der Waals surface area contributed by atoms with E-state index >= 15 is 0 Å². The third-order valence-corrected chi connectivity index (χ3v) is 5.22. The molecule has 0 bridgehead atoms. The molecule has 2 aromatic rings. The minimum atomic E-state index is -0.572. The van der Waals surface area contributed by atoms with Crippen LogP contribution in [0, 0.1) is 12.3 Å². The topological polar surface area (TPSA) is 104 Å². The van der Waals surface area contributed by atoms with Crippen LogP contribution < -0.4 is 10.9 Å². The summed E-state index contributed by atoms with van der Waals surface area (Å²) in [5.74, 6) is -0.328. The second-order valence-electron chi connectivity index (χ2n) is 7.31. The SMILES string of the molecule is Cc1c(C(=O)NNC(=O)c2ccccc2Br)oc2c1/C(=N\O)CC(C)(C)C2. The van der Waals surface area contributed by atoms with Gasteiger partial charge in [0.15, 0.2) is 5.76 Å². The first-order valence-corrected chi connectivity index (χ1v) is 9.21. The normalized spacial score (nSPS) is 16.7. The van der Waals surface area contributed by atoms with Crippen molar-refractivity contribution in [1.29, 1.82) is 0 Å². The van der Waals surface area contributed by atoms with Gasteiger partial charge in [-0.2, -0.15) is 0 Å². The van der Waals surface area contributed by atoms with Gasteiger partial charge in [-0.1, -0.05) is 31.1 Å². The van der Waals surface area contributed by atoms with Crippen molar-refractivity contribution in [2.75, 3.05) is 0 Å². The fourth-order valence-corrected chi connectivity index (χ4v) is 3.76. The van der Waals surface area contributed by atoms with E-state index in [1.807, 2.05) is 13.8 Å². The second-order valence-corrected chi connectivity index (χ2v) is 8.16. The first kappa shape index (κ1) is 19.2. The predicted octanol–water partition coefficient (Wildman–Crippen LogP) is 3.58. The van der Waals surface area contributed by atoms with Crippen LogP contribution in [0.1, 0.15) is 58.1 Å². The second kappa shape index (κ2) is 7.19. The van der Waals surface area contributed by atoms with Crippen molar-refractivity contribution < 1.29 is 19.2 Å². The molecular weight excluding hydrogens is 414 g/mol. The van der Waals surface area contributed by atoms with Crippen molar-refractivity contribution in [2.24, 2.45) is 10.6 Å². The molecule has 0 aliphatic heterocycles. The van der Waals surface area contributed by atoms with Gasteiger partial charge < -0.3 is 9.62 Å². The maximum absolute atomic E-state index is 12.5. The number of oxime groups is 1. The lowest BCUT2D eigenvalue weighted by molar-refractivity contribution is 0.0828. The minimum Gasteiger partial charge on any atom is -0.455 e. The monoisotopic (exact) mass is 433 g/mol. The van der Waals surface area contributed by atoms with Crippen molar-refractivity contribution in [3.8, 4) is 0 Å². The van der Waals surface area contributed by atoms with Gasteiger partial charge in [-0.15, -0.1) is 0 Å². The predicted molar refractivity (Wildman–Crippen MR) is 103 cm³/mol. The molecule has 0 spiro atoms. The fourth-order valence-electron chi connectivity index (χ4n) is 3.30. The number of amides is 2. The summed E-state index contributed by atoms with van der Waals surface area (Å²) in [7, 11) is 0. The van der Waals surface area contributed by atoms with E-state index < -0.39 is 11.8 Å². The number of benzene rings is 1. The molecule has 1 aromatic carbocycles. The third-order valence-electron chi connectivity index (χ3n) is 4.53. The summed E-state index contributed by atoms with van der Waals surface area (Å²) in [5, 5.41) is 12.7. The Morgan fingerprint density at radius 3 is 2.52 bits per heavy atom. The fraction of sp³-hybridized carbons (Fsp3) is 0.316. The van der Waals surface area contributed by atoms with Crippen LogP contribution in [-0.2, 0) is 6.42 Å². The Hall–Kier alpha value is -2.61. The van der Waals surface area contributed by atoms with Gasteiger partial charge in [-0.3, -0.25) is 20.4 Å². The summed E-state index contributed by atoms with van der Waals surface area (Å²) >= 11 is 3.30. The Morgan fingerprint density at radius 2 is 1.85 bits per heavy atom. The molecule has 142 valence electrons. The summed E-state index contributed by atoms with van der Waals surface area (Å²) in [4.78, 5) is 24.8. The van der Waals surface area contributed by atoms with Crippen LogP contribution in [0.4, 0.5) is 0 Å². The summed E-state index contributed by atoms with van der Waals surface area (Å²) in [6.07, 6.45) is 1.20. The van der Waals surface area contributed by atoms with Crippen LogP contribution in [0.3, 0.4) is 0 Å². The highest BCUT2D eigenvalue weighted by atomic mass is 79.9. The van der Waals surface area contributed by atoms with E-state index in [4.69, 9.17) is 4.42 Å². The van der Waals surface area contributed by atoms with E-state index in [-0.39, 0.29) is 11.2 Å². The number of carbonyl (C=O) groups is 2. The number of hydrazine groups is 1. The zero-order valence-corrected chi connectivity index (χ0v) is 16.8. The lowest BCUT2D eigenvalue weighted by Crippen LogP contribution is -2.41. The van der Waals surface area contributed by atoms with Crippen LogP contribution in [0.5, 0.6) is 0 Å². The van der Waals surface area contributed by atoms with Gasteiger partial charge in [-0.05, 0) is 46.8 Å². The molecule has 3 N–H and O–H groups in total. The van der Waals surface area contributed by atoms with Crippen molar-refractivity contribution in [3.05, 3.63) is 56.9 Å². The molecule has 7 nitrogen and oxygen atoms in total. The quantitative estimate of drug-likeness (QED) is 0.497. The zero-order chi connectivity index (χ0) is 19.8. The largest absolute Gasteiger partial charge is 0.455 e. The van der Waals surface area contributed by atoms with Gasteiger partial charge >= 0.3 is 5.91 Å². The van der Waals surface area contributed by atoms with E-state index in [2.05, 4.69) is 31.9 Å². The average molecular weight is 434 g/mol. The molecule has 1 aliphatic carbocycles. The van der Waals surface area contributed by atoms with Gasteiger partial charge in [-0.25, -0.2) is 0 Å². The molecule has 1 aliphatic rings. The molecule has 0 atom stereocenters. The first-order valence-electron chi connectivity index (χ1n) is 8.42. The Morgan fingerprint density at radius 1 is 1.19 bits per heavy atom. The van der Waals surface area contributed by atoms with Crippen LogP contribution in [0.25, 0.3) is 0 Å². The highest BCUT2D eigenvalue weighted by Gasteiger charge is 2.36. The van der Waals surface area contributed by atoms with E-state index in [0.29, 0.717) is 45.5 Å². The molecule has 0 unspecified atom stereocenters. The molecular formula is C19H20BrN3O4. The number of fused-ring (bicyclic) bond motifs is 1. The van der Waals surface area contributed by atoms with Gasteiger partial charge in [0.05, 0.1) is 11.3 Å². The Balaban J connectivity index is 1.80. The number of hydrogen-bond donors (Lipinski definition) is 3. The maximum atomic E-state index is 12.5. The molecule has 1 aromatic heterocycles. The zero-order valence-electron chi connectivity index (χ0n) is 15.2. The summed E-state index contributed by atoms with van der Waals surface area (Å²) < 4.78 is 6.38. The van der Waals surface area contributed by atoms with Gasteiger partial charge in [0.25, 0.3) is 5.91 Å². The molecule has 0 fully saturated rings. The van der Waals surface area contributed by atoms with Gasteiger partial charge in [0, 0.05) is 22.0 Å². The molecule has 2 amide bonds. The highest BCUT2D eigenvalue weighted by molar-refractivity contribution is 9.10. The Labute approximate surface area is 164 Å². The number of furan rings is 1. The minimum absolute atomic E-state index is 0.0891. The van der Waals surface area contributed by atoms with Crippen LogP contribution in [-0.4, -0.2) is 22.7 Å². The van der Waals surface area contributed by atoms with Crippen molar-refractivity contribution in [3.63, 3.8) is 0 Å². The summed E-state index contributed by atoms with van der Waals surface area (Å²) in [6.45, 7) is 5.81. The van der Waals surface area contributed by atoms with Crippen molar-refractivity contribution in [2.45, 2.75) is 33.6 Å². The lowest BCUT2D eigenvalue weighted by Gasteiger charge is -2.28. The summed E-state index contributed by atoms with van der Waals surface area (Å²) in [6, 6.07) is 6.88. The first-order chi connectivity index (χ1) is 12.7. The Bertz CT molecular complexity index is 946. The smallest absolute Gasteiger partial charge is 0.305 e. The molecule has 0 radical (unpaired) electrons. The number of halogens is 1. The lowest BCUT2D eigenvalue weighted by atomic mass is 9.75. The Kier molecular flexibility index (Phi) is 5.10. The van der Waals surface area contributed by atoms with E-state index in [9.17, 15) is 14.8 Å². The molecule has 8 heteroatoms. The van der Waals surface area contributed by atoms with Gasteiger partial charge in [0.2, 0.25) is 0 Å². The number of nitrogens with one attached hydrogen (secondary N) is 2. The van der Waals surface area contributed by atoms with Gasteiger partial charge in [0.1, 0.15) is 5.76 Å². The highest BCUT2D eigenvalue weighted by Crippen LogP contribution is 2.38. The number of rotatable bonds is 2. The molecule has 0 saturated carbocycles. The average Bonchev–Trinajstić information content (AvgIpc) is 2.94. The van der Waals surface area contributed by atoms with Crippen LogP contribution in [0.15, 0.2) is 38.3 Å².